The number of oxazole rings is 1. The third-order valence-corrected chi connectivity index (χ3v) is 11.3. The van der Waals surface area contributed by atoms with Crippen molar-refractivity contribution in [1.29, 1.82) is 0 Å². The summed E-state index contributed by atoms with van der Waals surface area (Å²) in [7, 11) is 0. The van der Waals surface area contributed by atoms with Crippen LogP contribution in [0.2, 0.25) is 0 Å². The van der Waals surface area contributed by atoms with Crippen molar-refractivity contribution in [3.63, 3.8) is 0 Å². The zero-order valence-electron chi connectivity index (χ0n) is 28.7. The predicted octanol–water partition coefficient (Wildman–Crippen LogP) is 12.7. The average Bonchev–Trinajstić information content (AvgIpc) is 3.76. The zero-order valence-corrected chi connectivity index (χ0v) is 28.7. The lowest BCUT2D eigenvalue weighted by atomic mass is 9.82. The van der Waals surface area contributed by atoms with Crippen LogP contribution >= 0.6 is 0 Å². The molecule has 0 aliphatic heterocycles. The Hall–Kier alpha value is -5.93. The van der Waals surface area contributed by atoms with Gasteiger partial charge in [-0.15, -0.1) is 0 Å². The van der Waals surface area contributed by atoms with Gasteiger partial charge in [-0.1, -0.05) is 113 Å². The second kappa shape index (κ2) is 10.3. The summed E-state index contributed by atoms with van der Waals surface area (Å²) in [6.07, 6.45) is 0. The molecule has 1 heterocycles. The summed E-state index contributed by atoms with van der Waals surface area (Å²) in [6, 6.07) is 52.9. The number of hydrogen-bond donors (Lipinski definition) is 0. The van der Waals surface area contributed by atoms with E-state index in [4.69, 9.17) is 9.40 Å². The van der Waals surface area contributed by atoms with Gasteiger partial charge in [0.05, 0.1) is 0 Å². The van der Waals surface area contributed by atoms with Gasteiger partial charge in [-0.25, -0.2) is 4.98 Å². The number of benzene rings is 7. The Balaban J connectivity index is 1.17. The lowest BCUT2D eigenvalue weighted by Gasteiger charge is -2.28. The number of rotatable bonds is 4. The van der Waals surface area contributed by atoms with Crippen molar-refractivity contribution < 1.29 is 4.42 Å². The Morgan fingerprint density at radius 1 is 0.480 bits per heavy atom. The van der Waals surface area contributed by atoms with Crippen LogP contribution in [0, 0.1) is 0 Å². The SMILES string of the molecule is CC1(C)c2ccccc2-c2cc(N(c3ccc4c(c3)-c3ccccc3C4(C)C)c3ccc4c(ccc5nc(-c6ccccc6)oc54)c3)ccc21. The molecule has 0 amide bonds. The fourth-order valence-corrected chi connectivity index (χ4v) is 8.69. The van der Waals surface area contributed by atoms with Crippen molar-refractivity contribution in [3.8, 4) is 33.7 Å². The maximum Gasteiger partial charge on any atom is 0.227 e. The number of fused-ring (bicyclic) bond motifs is 9. The molecule has 8 aromatic rings. The summed E-state index contributed by atoms with van der Waals surface area (Å²) in [5.74, 6) is 0.640. The number of hydrogen-bond acceptors (Lipinski definition) is 3. The fourth-order valence-electron chi connectivity index (χ4n) is 8.69. The van der Waals surface area contributed by atoms with Crippen LogP contribution in [-0.2, 0) is 10.8 Å². The van der Waals surface area contributed by atoms with Gasteiger partial charge >= 0.3 is 0 Å². The summed E-state index contributed by atoms with van der Waals surface area (Å²) in [5, 5.41) is 2.16. The van der Waals surface area contributed by atoms with E-state index in [2.05, 4.69) is 148 Å². The monoisotopic (exact) mass is 644 g/mol. The number of nitrogens with zero attached hydrogens (tertiary/aromatic N) is 2. The van der Waals surface area contributed by atoms with Gasteiger partial charge in [-0.2, -0.15) is 0 Å². The summed E-state index contributed by atoms with van der Waals surface area (Å²) >= 11 is 0. The Morgan fingerprint density at radius 2 is 1.00 bits per heavy atom. The quantitative estimate of drug-likeness (QED) is 0.191. The molecule has 7 aromatic carbocycles. The van der Waals surface area contributed by atoms with Gasteiger partial charge in [0.25, 0.3) is 0 Å². The van der Waals surface area contributed by atoms with E-state index in [1.165, 1.54) is 44.5 Å². The zero-order chi connectivity index (χ0) is 33.8. The third-order valence-electron chi connectivity index (χ3n) is 11.3. The lowest BCUT2D eigenvalue weighted by Crippen LogP contribution is -2.16. The highest BCUT2D eigenvalue weighted by molar-refractivity contribution is 6.05. The molecule has 240 valence electrons. The Bertz CT molecular complexity index is 2550. The average molecular weight is 645 g/mol. The highest BCUT2D eigenvalue weighted by atomic mass is 16.3. The molecule has 0 atom stereocenters. The van der Waals surface area contributed by atoms with E-state index in [9.17, 15) is 0 Å². The third kappa shape index (κ3) is 4.07. The van der Waals surface area contributed by atoms with Gasteiger partial charge in [0.2, 0.25) is 5.89 Å². The van der Waals surface area contributed by atoms with E-state index in [0.717, 1.165) is 44.5 Å². The van der Waals surface area contributed by atoms with Gasteiger partial charge in [-0.05, 0) is 111 Å². The lowest BCUT2D eigenvalue weighted by molar-refractivity contribution is 0.623. The highest BCUT2D eigenvalue weighted by Gasteiger charge is 2.37. The topological polar surface area (TPSA) is 29.3 Å². The minimum atomic E-state index is -0.0534. The van der Waals surface area contributed by atoms with Crippen molar-refractivity contribution in [3.05, 3.63) is 168 Å². The van der Waals surface area contributed by atoms with Gasteiger partial charge in [0, 0.05) is 38.8 Å². The number of aromatic nitrogens is 1. The van der Waals surface area contributed by atoms with Crippen LogP contribution < -0.4 is 4.90 Å². The molecule has 3 heteroatoms. The van der Waals surface area contributed by atoms with Crippen molar-refractivity contribution in [2.45, 2.75) is 38.5 Å². The van der Waals surface area contributed by atoms with Crippen LogP contribution in [0.4, 0.5) is 17.1 Å². The highest BCUT2D eigenvalue weighted by Crippen LogP contribution is 2.53. The molecular formula is C47H36N2O. The molecule has 0 bridgehead atoms. The largest absolute Gasteiger partial charge is 0.435 e. The molecule has 0 unspecified atom stereocenters. The van der Waals surface area contributed by atoms with Crippen LogP contribution in [0.3, 0.4) is 0 Å². The second-order valence-electron chi connectivity index (χ2n) is 14.8. The first-order valence-electron chi connectivity index (χ1n) is 17.5. The van der Waals surface area contributed by atoms with E-state index < -0.39 is 0 Å². The minimum Gasteiger partial charge on any atom is -0.435 e. The standard InChI is InChI=1S/C47H36N2O/c1-46(2)39-16-10-8-14-35(39)37-27-32(20-23-41(37)46)49(33-21-24-42-38(28-33)36-15-9-11-17-40(36)47(42,3)4)31-19-22-34-30(26-31)18-25-43-44(34)50-45(48-43)29-12-6-5-7-13-29/h5-28H,1-4H3. The van der Waals surface area contributed by atoms with Crippen LogP contribution in [0.15, 0.2) is 150 Å². The molecule has 10 rings (SSSR count). The summed E-state index contributed by atoms with van der Waals surface area (Å²) < 4.78 is 6.42. The fraction of sp³-hybridized carbons (Fsp3) is 0.128. The molecule has 50 heavy (non-hydrogen) atoms. The second-order valence-corrected chi connectivity index (χ2v) is 14.8. The molecule has 0 saturated carbocycles. The van der Waals surface area contributed by atoms with E-state index in [0.29, 0.717) is 5.89 Å². The van der Waals surface area contributed by atoms with E-state index in [1.807, 2.05) is 30.3 Å². The van der Waals surface area contributed by atoms with E-state index in [1.54, 1.807) is 0 Å². The van der Waals surface area contributed by atoms with E-state index in [-0.39, 0.29) is 10.8 Å². The van der Waals surface area contributed by atoms with Gasteiger partial charge in [0.15, 0.2) is 5.58 Å². The van der Waals surface area contributed by atoms with Crippen molar-refractivity contribution in [2.75, 3.05) is 4.90 Å². The summed E-state index contributed by atoms with van der Waals surface area (Å²) in [6.45, 7) is 9.36. The molecule has 0 saturated heterocycles. The first-order chi connectivity index (χ1) is 24.3. The van der Waals surface area contributed by atoms with Crippen LogP contribution in [0.1, 0.15) is 49.9 Å². The molecule has 0 radical (unpaired) electrons. The molecule has 2 aliphatic rings. The molecule has 1 aromatic heterocycles. The molecule has 2 aliphatic carbocycles. The molecule has 3 nitrogen and oxygen atoms in total. The van der Waals surface area contributed by atoms with Crippen LogP contribution in [-0.4, -0.2) is 4.98 Å². The molecule has 0 spiro atoms. The van der Waals surface area contributed by atoms with Crippen LogP contribution in [0.5, 0.6) is 0 Å². The minimum absolute atomic E-state index is 0.0534. The molecular weight excluding hydrogens is 609 g/mol. The van der Waals surface area contributed by atoms with Gasteiger partial charge < -0.3 is 9.32 Å². The van der Waals surface area contributed by atoms with Crippen LogP contribution in [0.25, 0.3) is 55.6 Å². The Morgan fingerprint density at radius 3 is 1.62 bits per heavy atom. The Kier molecular flexibility index (Phi) is 5.97. The molecule has 0 N–H and O–H groups in total. The maximum atomic E-state index is 6.42. The van der Waals surface area contributed by atoms with Crippen molar-refractivity contribution in [1.82, 2.24) is 4.98 Å². The summed E-state index contributed by atoms with van der Waals surface area (Å²) in [5.41, 5.74) is 16.6. The normalized spacial score (nSPS) is 14.7. The smallest absolute Gasteiger partial charge is 0.227 e. The van der Waals surface area contributed by atoms with Gasteiger partial charge in [-0.3, -0.25) is 0 Å². The van der Waals surface area contributed by atoms with E-state index >= 15 is 0 Å². The molecule has 0 fully saturated rings. The van der Waals surface area contributed by atoms with Crippen molar-refractivity contribution >= 4 is 38.9 Å². The Labute approximate surface area is 292 Å². The van der Waals surface area contributed by atoms with Gasteiger partial charge in [0.1, 0.15) is 5.52 Å². The predicted molar refractivity (Wildman–Crippen MR) is 207 cm³/mol. The first-order valence-corrected chi connectivity index (χ1v) is 17.5. The first kappa shape index (κ1) is 29.0. The van der Waals surface area contributed by atoms with Crippen molar-refractivity contribution in [2.24, 2.45) is 0 Å². The maximum absolute atomic E-state index is 6.42. The summed E-state index contributed by atoms with van der Waals surface area (Å²) in [4.78, 5) is 7.25. The number of anilines is 3.